The third-order valence-electron chi connectivity index (χ3n) is 7.02. The Kier molecular flexibility index (Phi) is 4.44. The van der Waals surface area contributed by atoms with Crippen LogP contribution in [0.25, 0.3) is 0 Å². The van der Waals surface area contributed by atoms with Gasteiger partial charge in [0.2, 0.25) is 5.82 Å². The summed E-state index contributed by atoms with van der Waals surface area (Å²) in [4.78, 5) is 26.4. The van der Waals surface area contributed by atoms with Gasteiger partial charge in [-0.3, -0.25) is 14.7 Å². The van der Waals surface area contributed by atoms with Crippen molar-refractivity contribution in [2.24, 2.45) is 4.99 Å². The number of carbonyl (C=O) groups excluding carboxylic acids is 1. The summed E-state index contributed by atoms with van der Waals surface area (Å²) in [5.41, 5.74) is 0.0657. The third-order valence-corrected chi connectivity index (χ3v) is 7.02. The van der Waals surface area contributed by atoms with E-state index in [9.17, 15) is 9.18 Å². The number of aliphatic imine (C=N–C) groups is 1. The van der Waals surface area contributed by atoms with E-state index in [-0.39, 0.29) is 23.5 Å². The fraction of sp³-hybridized carbons (Fsp3) is 0.565. The Balaban J connectivity index is 1.37. The summed E-state index contributed by atoms with van der Waals surface area (Å²) in [7, 11) is 0. The van der Waals surface area contributed by atoms with E-state index in [1.165, 1.54) is 12.1 Å². The van der Waals surface area contributed by atoms with E-state index in [1.54, 1.807) is 22.2 Å². The first-order valence-corrected chi connectivity index (χ1v) is 11.4. The molecule has 0 saturated carbocycles. The predicted molar refractivity (Wildman–Crippen MR) is 116 cm³/mol. The molecule has 6 rings (SSSR count). The number of amides is 1. The molecule has 1 aromatic heterocycles. The zero-order valence-electron chi connectivity index (χ0n) is 18.8. The zero-order chi connectivity index (χ0) is 23.0. The van der Waals surface area contributed by atoms with Gasteiger partial charge in [-0.05, 0) is 64.7 Å². The Labute approximate surface area is 190 Å². The van der Waals surface area contributed by atoms with Crippen molar-refractivity contribution in [3.63, 3.8) is 0 Å². The van der Waals surface area contributed by atoms with Gasteiger partial charge in [-0.2, -0.15) is 4.98 Å². The van der Waals surface area contributed by atoms with Crippen LogP contribution in [0.2, 0.25) is 0 Å². The van der Waals surface area contributed by atoms with Crippen LogP contribution in [0.1, 0.15) is 70.3 Å². The van der Waals surface area contributed by atoms with Gasteiger partial charge in [-0.1, -0.05) is 5.16 Å². The Hall–Kier alpha value is -2.85. The fourth-order valence-electron chi connectivity index (χ4n) is 5.35. The quantitative estimate of drug-likeness (QED) is 0.697. The van der Waals surface area contributed by atoms with Crippen molar-refractivity contribution >= 4 is 23.6 Å². The molecule has 4 unspecified atom stereocenters. The van der Waals surface area contributed by atoms with Gasteiger partial charge in [0, 0.05) is 6.61 Å². The first-order chi connectivity index (χ1) is 15.8. The van der Waals surface area contributed by atoms with Gasteiger partial charge < -0.3 is 18.9 Å². The normalized spacial score (nSPS) is 32.5. The van der Waals surface area contributed by atoms with E-state index in [1.807, 2.05) is 20.8 Å². The number of hydrogen-bond donors (Lipinski definition) is 0. The number of ether oxygens (including phenoxy) is 2. The van der Waals surface area contributed by atoms with Crippen LogP contribution in [0.4, 0.5) is 15.8 Å². The van der Waals surface area contributed by atoms with Crippen LogP contribution in [0.5, 0.6) is 0 Å². The van der Waals surface area contributed by atoms with Crippen LogP contribution in [0.15, 0.2) is 27.7 Å². The van der Waals surface area contributed by atoms with Crippen molar-refractivity contribution in [2.75, 3.05) is 16.4 Å². The maximum absolute atomic E-state index is 14.2. The van der Waals surface area contributed by atoms with Crippen molar-refractivity contribution in [1.82, 2.24) is 10.1 Å². The summed E-state index contributed by atoms with van der Waals surface area (Å²) in [6.07, 6.45) is 4.54. The summed E-state index contributed by atoms with van der Waals surface area (Å²) in [5, 5.41) is 4.13. The van der Waals surface area contributed by atoms with Crippen molar-refractivity contribution in [3.05, 3.63) is 35.7 Å². The maximum Gasteiger partial charge on any atom is 0.255 e. The van der Waals surface area contributed by atoms with E-state index in [0.717, 1.165) is 19.3 Å². The molecule has 0 radical (unpaired) electrons. The Morgan fingerprint density at radius 1 is 1.18 bits per heavy atom. The van der Waals surface area contributed by atoms with E-state index >= 15 is 0 Å². The SMILES string of the molecule is CC1(C)CCC(c2noc(C3N=CN4c5ccc(F)cc5N(C5(C)CCCO5)C(=O)C34)n2)O1. The second kappa shape index (κ2) is 7.07. The lowest BCUT2D eigenvalue weighted by Crippen LogP contribution is -2.60. The van der Waals surface area contributed by atoms with E-state index < -0.39 is 23.6 Å². The first-order valence-electron chi connectivity index (χ1n) is 11.4. The standard InChI is InChI=1S/C23H26FN5O4/c1-22(2)9-7-16(32-22)19-26-20(33-27-19)17-18-21(30)29(23(3)8-4-10-31-23)15-11-13(24)5-6-14(15)28(18)12-25-17/h5-6,11-12,16-18H,4,7-10H2,1-3H3. The van der Waals surface area contributed by atoms with Gasteiger partial charge in [0.1, 0.15) is 23.7 Å². The number of carbonyl (C=O) groups is 1. The molecule has 4 aliphatic rings. The topological polar surface area (TPSA) is 93.3 Å². The molecule has 5 heterocycles. The number of anilines is 2. The lowest BCUT2D eigenvalue weighted by Gasteiger charge is -2.45. The molecule has 0 aliphatic carbocycles. The average molecular weight is 455 g/mol. The molecule has 1 amide bonds. The van der Waals surface area contributed by atoms with Gasteiger partial charge in [-0.25, -0.2) is 4.39 Å². The van der Waals surface area contributed by atoms with E-state index in [2.05, 4.69) is 15.1 Å². The third kappa shape index (κ3) is 3.18. The molecule has 0 spiro atoms. The number of aromatic nitrogens is 2. The Morgan fingerprint density at radius 2 is 2.03 bits per heavy atom. The van der Waals surface area contributed by atoms with Crippen LogP contribution < -0.4 is 9.80 Å². The van der Waals surface area contributed by atoms with Gasteiger partial charge in [-0.15, -0.1) is 0 Å². The minimum absolute atomic E-state index is 0.233. The number of rotatable bonds is 3. The van der Waals surface area contributed by atoms with Crippen LogP contribution in [-0.2, 0) is 14.3 Å². The van der Waals surface area contributed by atoms with Crippen LogP contribution in [0, 0.1) is 5.82 Å². The zero-order valence-corrected chi connectivity index (χ0v) is 18.8. The largest absolute Gasteiger partial charge is 0.364 e. The summed E-state index contributed by atoms with van der Waals surface area (Å²) in [6.45, 7) is 6.49. The number of benzene rings is 1. The smallest absolute Gasteiger partial charge is 0.255 e. The molecule has 174 valence electrons. The highest BCUT2D eigenvalue weighted by atomic mass is 19.1. The van der Waals surface area contributed by atoms with Crippen molar-refractivity contribution in [1.29, 1.82) is 0 Å². The molecule has 2 aromatic rings. The van der Waals surface area contributed by atoms with Crippen LogP contribution in [-0.4, -0.2) is 46.4 Å². The van der Waals surface area contributed by atoms with Crippen LogP contribution >= 0.6 is 0 Å². The second-order valence-corrected chi connectivity index (χ2v) is 9.89. The molecular formula is C23H26FN5O4. The van der Waals surface area contributed by atoms with Crippen LogP contribution in [0.3, 0.4) is 0 Å². The summed E-state index contributed by atoms with van der Waals surface area (Å²) < 4.78 is 31.8. The highest BCUT2D eigenvalue weighted by Gasteiger charge is 2.53. The average Bonchev–Trinajstić information content (AvgIpc) is 3.53. The molecule has 2 saturated heterocycles. The maximum atomic E-state index is 14.2. The highest BCUT2D eigenvalue weighted by Crippen LogP contribution is 2.47. The summed E-state index contributed by atoms with van der Waals surface area (Å²) in [6, 6.07) is 3.02. The fourth-order valence-corrected chi connectivity index (χ4v) is 5.35. The predicted octanol–water partition coefficient (Wildman–Crippen LogP) is 3.67. The Bertz CT molecular complexity index is 1140. The number of fused-ring (bicyclic) bond motifs is 3. The summed E-state index contributed by atoms with van der Waals surface area (Å²) in [5.74, 6) is 0.0784. The van der Waals surface area contributed by atoms with E-state index in [4.69, 9.17) is 14.0 Å². The second-order valence-electron chi connectivity index (χ2n) is 9.89. The molecule has 4 aliphatic heterocycles. The molecule has 4 atom stereocenters. The molecule has 1 aromatic carbocycles. The lowest BCUT2D eigenvalue weighted by molar-refractivity contribution is -0.125. The van der Waals surface area contributed by atoms with E-state index in [0.29, 0.717) is 30.2 Å². The number of nitrogens with zero attached hydrogens (tertiary/aromatic N) is 5. The monoisotopic (exact) mass is 455 g/mol. The molecule has 9 nitrogen and oxygen atoms in total. The number of hydrogen-bond acceptors (Lipinski definition) is 8. The summed E-state index contributed by atoms with van der Waals surface area (Å²) >= 11 is 0. The Morgan fingerprint density at radius 3 is 2.76 bits per heavy atom. The highest BCUT2D eigenvalue weighted by molar-refractivity contribution is 6.12. The van der Waals surface area contributed by atoms with Crippen molar-refractivity contribution < 1.29 is 23.2 Å². The van der Waals surface area contributed by atoms with Gasteiger partial charge in [0.25, 0.3) is 11.8 Å². The molecule has 33 heavy (non-hydrogen) atoms. The van der Waals surface area contributed by atoms with Crippen molar-refractivity contribution in [3.8, 4) is 0 Å². The molecule has 0 bridgehead atoms. The van der Waals surface area contributed by atoms with Gasteiger partial charge in [0.05, 0.1) is 23.3 Å². The van der Waals surface area contributed by atoms with Gasteiger partial charge in [0.15, 0.2) is 6.04 Å². The number of halogens is 1. The lowest BCUT2D eigenvalue weighted by atomic mass is 9.97. The molecule has 10 heteroatoms. The van der Waals surface area contributed by atoms with Crippen molar-refractivity contribution in [2.45, 2.75) is 76.0 Å². The van der Waals surface area contributed by atoms with Gasteiger partial charge >= 0.3 is 0 Å². The first kappa shape index (κ1) is 20.7. The minimum atomic E-state index is -0.859. The molecule has 2 fully saturated rings. The molecular weight excluding hydrogens is 429 g/mol. The minimum Gasteiger partial charge on any atom is -0.364 e. The molecule has 0 N–H and O–H groups in total.